The quantitative estimate of drug-likeness (QED) is 0.0409. The number of carboxylic acid groups (broad SMARTS) is 1. The van der Waals surface area contributed by atoms with Gasteiger partial charge in [0.1, 0.15) is 5.75 Å². The largest absolute Gasteiger partial charge is 0.545 e. The van der Waals surface area contributed by atoms with Crippen molar-refractivity contribution in [2.45, 2.75) is 62.3 Å². The van der Waals surface area contributed by atoms with Crippen molar-refractivity contribution in [2.75, 3.05) is 115 Å². The molecule has 0 aromatic heterocycles. The number of carboxylic acids is 1. The summed E-state index contributed by atoms with van der Waals surface area (Å²) in [7, 11) is 7.44. The number of ether oxygens (including phenoxy) is 1. The van der Waals surface area contributed by atoms with E-state index in [-0.39, 0.29) is 27.8 Å². The molecule has 11 nitrogen and oxygen atoms in total. The summed E-state index contributed by atoms with van der Waals surface area (Å²) in [6.45, 7) is 42.7. The molecule has 18 aromatic rings. The Kier molecular flexibility index (Phi) is 37.5. The third kappa shape index (κ3) is 24.9. The Morgan fingerprint density at radius 2 is 0.621 bits per heavy atom. The van der Waals surface area contributed by atoms with Gasteiger partial charge in [-0.1, -0.05) is 293 Å². The van der Waals surface area contributed by atoms with Gasteiger partial charge < -0.3 is 77.4 Å². The summed E-state index contributed by atoms with van der Waals surface area (Å²) < 4.78 is 5.33. The van der Waals surface area contributed by atoms with Gasteiger partial charge in [-0.3, -0.25) is 0 Å². The number of fused-ring (bicyclic) bond motifs is 3. The number of carbonyl (C=O) groups excluding carboxylic acids is 1. The summed E-state index contributed by atoms with van der Waals surface area (Å²) in [5, 5.41) is 38.3. The van der Waals surface area contributed by atoms with Gasteiger partial charge in [0.05, 0.1) is 13.1 Å². The van der Waals surface area contributed by atoms with Crippen molar-refractivity contribution >= 4 is 149 Å². The second-order valence-corrected chi connectivity index (χ2v) is 35.6. The van der Waals surface area contributed by atoms with Gasteiger partial charge in [-0.15, -0.1) is 0 Å². The first kappa shape index (κ1) is 107. The van der Waals surface area contributed by atoms with Crippen LogP contribution in [0.2, 0.25) is 0 Å². The molecule has 0 radical (unpaired) electrons. The molecule has 18 rings (SSSR count). The fourth-order valence-corrected chi connectivity index (χ4v) is 19.0. The normalized spacial score (nSPS) is 10.6. The molecule has 0 saturated heterocycles. The summed E-state index contributed by atoms with van der Waals surface area (Å²) in [6.07, 6.45) is 0. The van der Waals surface area contributed by atoms with Gasteiger partial charge in [0.15, 0.2) is 0 Å². The van der Waals surface area contributed by atoms with Crippen molar-refractivity contribution in [3.05, 3.63) is 520 Å². The minimum absolute atomic E-state index is 0. The molecule has 18 aromatic carbocycles. The third-order valence-corrected chi connectivity index (χ3v) is 26.5. The zero-order valence-electron chi connectivity index (χ0n) is 87.3. The van der Waals surface area contributed by atoms with E-state index in [9.17, 15) is 9.90 Å². The summed E-state index contributed by atoms with van der Waals surface area (Å²) >= 11 is 0. The first-order chi connectivity index (χ1) is 69.2. The third-order valence-electron chi connectivity index (χ3n) is 26.5. The number of hydrogen-bond acceptors (Lipinski definition) is 11. The number of methoxy groups -OCH3 is 1. The van der Waals surface area contributed by atoms with Crippen molar-refractivity contribution < 1.29 is 14.6 Å². The lowest BCUT2D eigenvalue weighted by Crippen LogP contribution is -2.25. The van der Waals surface area contributed by atoms with E-state index in [0.29, 0.717) is 5.56 Å². The molecule has 0 bridgehead atoms. The van der Waals surface area contributed by atoms with Crippen molar-refractivity contribution in [1.82, 2.24) is 0 Å². The molecule has 0 saturated carbocycles. The number of nitrogens with zero attached hydrogens (tertiary/aromatic N) is 5. The monoisotopic (exact) mass is 1910 g/mol. The highest BCUT2D eigenvalue weighted by atomic mass is 16.5. The Bertz CT molecular complexity index is 7860. The summed E-state index contributed by atoms with van der Waals surface area (Å²) in [5.74, 6) is -0.347. The standard InChI is InChI=1S/C38H32N2.C36H36N2O.C30H32N2.C27H30N2O2.3CH3/c1-27-18-20-29(21-19-27)38(36-24-25-37(39-3)35-17-11-10-16-34(35)36)33-23-22-32(26-28(33)2)40(30-12-6-4-7-13-30)31-14-8-5-9-15-31;1-6-38(7-2)29-18-21-31(26(4)24-29)36(27-14-12-25(3)13-15-27)34-22-23-35(33-11-9-8-10-32(33)34)37-28-16-19-30(39-5)20-17-28;1-5-31-29-21-20-28(26-10-8-9-11-27(26)29)30(23-14-12-22(4)13-15-23)24-16-18-25(19-17-24)32(6-2)7-3;1-6-29(7-2)22-14-12-21(13-15-22)26(20-10-8-19(3)9-11-20)24-17-16-23(28(4)5)18-25(24)27(30)31;;;/h4-26,39H,1H2,2-3H3;8-24,37H,3,6-7H2,1-2,4-5H3;8-21,31H,4-7H2,1-3H3;8-18H,3,6-7H2,1-2,4-5H3,(H,30,31);3*1H3/q;;;;3*-1/p-1. The first-order valence-corrected chi connectivity index (χ1v) is 49.3. The molecule has 0 atom stereocenters. The number of carbonyl (C=O) groups is 1. The minimum atomic E-state index is -1.19. The topological polar surface area (TPSA) is 102 Å². The summed E-state index contributed by atoms with van der Waals surface area (Å²) in [5.41, 5.74) is 28.4. The number of para-hydroxylation sites is 2. The fourth-order valence-electron chi connectivity index (χ4n) is 19.0. The lowest BCUT2D eigenvalue weighted by atomic mass is 9.88. The van der Waals surface area contributed by atoms with Crippen molar-refractivity contribution in [3.63, 3.8) is 0 Å². The average molecular weight is 1910 g/mol. The average Bonchev–Trinajstić information content (AvgIpc) is 0.774. The Balaban J connectivity index is 0.000000172. The highest BCUT2D eigenvalue weighted by Gasteiger charge is 2.23. The van der Waals surface area contributed by atoms with Gasteiger partial charge >= 0.3 is 0 Å². The highest BCUT2D eigenvalue weighted by molar-refractivity contribution is 6.07. The van der Waals surface area contributed by atoms with E-state index in [2.05, 4.69) is 452 Å². The Labute approximate surface area is 860 Å². The number of aryl methyl sites for hydroxylation is 2. The van der Waals surface area contributed by atoms with E-state index >= 15 is 0 Å². The van der Waals surface area contributed by atoms with E-state index in [1.54, 1.807) is 13.2 Å². The van der Waals surface area contributed by atoms with Crippen LogP contribution in [0.5, 0.6) is 5.75 Å². The SMILES string of the molecule is C=c1ccc(=C(c2ccc(N(CC)CC)cc2)c2ccc(N(C)C)cc2C(=O)[O-])cc1.C=c1ccc(=C(c2ccc(N(CC)CC)cc2)c2ccc(NCC)c3ccccc23)cc1.C=c1ccc(=C(c2ccc(N(CC)CC)cc2C)c2ccc(Nc3ccc(OC)cc3)c3ccccc23)cc1.C=c1ccc(=C(c2ccc(N(c3ccccc3)c3ccccc3)cc2C)c2ccc(NC)c3ccccc23)cc1.[CH3-].[CH3-].[CH3-]. The molecule has 0 aliphatic heterocycles. The summed E-state index contributed by atoms with van der Waals surface area (Å²) in [4.78, 5) is 23.3. The number of aromatic carboxylic acids is 1. The van der Waals surface area contributed by atoms with Crippen LogP contribution in [-0.4, -0.2) is 80.0 Å². The minimum Gasteiger partial charge on any atom is -0.545 e. The maximum Gasteiger partial charge on any atom is 0.119 e. The number of benzene rings is 18. The van der Waals surface area contributed by atoms with Crippen molar-refractivity contribution in [2.24, 2.45) is 0 Å². The molecule has 0 aliphatic rings. The van der Waals surface area contributed by atoms with Crippen LogP contribution in [-0.2, 0) is 0 Å². The smallest absolute Gasteiger partial charge is 0.119 e. The van der Waals surface area contributed by atoms with Crippen LogP contribution in [0, 0.1) is 36.1 Å². The maximum absolute atomic E-state index is 12.1. The molecule has 3 N–H and O–H groups in total. The van der Waals surface area contributed by atoms with Gasteiger partial charge in [0.25, 0.3) is 0 Å². The van der Waals surface area contributed by atoms with Crippen LogP contribution in [0.3, 0.4) is 0 Å². The van der Waals surface area contributed by atoms with Crippen LogP contribution in [0.4, 0.5) is 62.6 Å². The molecule has 0 amide bonds. The lowest BCUT2D eigenvalue weighted by Gasteiger charge is -2.26. The lowest BCUT2D eigenvalue weighted by molar-refractivity contribution is -0.255. The molecule has 0 heterocycles. The molecule has 736 valence electrons. The van der Waals surface area contributed by atoms with E-state index in [1.165, 1.54) is 126 Å². The van der Waals surface area contributed by atoms with Gasteiger partial charge in [0, 0.05) is 151 Å². The van der Waals surface area contributed by atoms with E-state index < -0.39 is 5.97 Å². The zero-order valence-corrected chi connectivity index (χ0v) is 87.3. The van der Waals surface area contributed by atoms with Gasteiger partial charge in [-0.2, -0.15) is 0 Å². The number of anilines is 11. The molecular weight excluding hydrogens is 1770 g/mol. The van der Waals surface area contributed by atoms with E-state index in [1.807, 2.05) is 86.7 Å². The van der Waals surface area contributed by atoms with E-state index in [0.717, 1.165) is 134 Å². The molecule has 0 fully saturated rings. The Morgan fingerprint density at radius 3 is 1.00 bits per heavy atom. The second kappa shape index (κ2) is 50.7. The summed E-state index contributed by atoms with van der Waals surface area (Å²) in [6, 6.07) is 138. The fraction of sp³-hybridized carbons (Fsp3) is 0.149. The molecule has 11 heteroatoms. The van der Waals surface area contributed by atoms with Gasteiger partial charge in [-0.05, 0) is 326 Å². The van der Waals surface area contributed by atoms with Gasteiger partial charge in [-0.25, -0.2) is 0 Å². The Hall–Kier alpha value is -16.6. The zero-order chi connectivity index (χ0) is 99.9. The first-order valence-electron chi connectivity index (χ1n) is 49.3. The second-order valence-electron chi connectivity index (χ2n) is 35.6. The van der Waals surface area contributed by atoms with Gasteiger partial charge in [0.2, 0.25) is 0 Å². The molecule has 145 heavy (non-hydrogen) atoms. The predicted molar refractivity (Wildman–Crippen MR) is 628 cm³/mol. The van der Waals surface area contributed by atoms with E-state index in [4.69, 9.17) is 4.74 Å². The molecule has 0 unspecified atom stereocenters. The van der Waals surface area contributed by atoms with Crippen LogP contribution in [0.15, 0.2) is 394 Å². The number of rotatable bonds is 28. The molecule has 0 spiro atoms. The molecule has 0 aliphatic carbocycles. The van der Waals surface area contributed by atoms with Crippen molar-refractivity contribution in [3.8, 4) is 5.75 Å². The van der Waals surface area contributed by atoms with Crippen LogP contribution in [0.25, 0.3) is 80.9 Å². The van der Waals surface area contributed by atoms with Crippen LogP contribution < -0.4 is 92.0 Å². The maximum atomic E-state index is 12.1. The van der Waals surface area contributed by atoms with Crippen molar-refractivity contribution in [1.29, 1.82) is 0 Å². The Morgan fingerprint density at radius 1 is 0.303 bits per heavy atom. The van der Waals surface area contributed by atoms with Crippen LogP contribution in [0.1, 0.15) is 114 Å². The molecular formula is C134H138N8O3-4. The predicted octanol–water partition coefficient (Wildman–Crippen LogP) is 25.5. The number of hydrogen-bond donors (Lipinski definition) is 3. The highest BCUT2D eigenvalue weighted by Crippen LogP contribution is 2.42. The number of nitrogens with one attached hydrogen (secondary N) is 3. The van der Waals surface area contributed by atoms with Crippen LogP contribution >= 0.6 is 0 Å².